The number of rotatable bonds is 6. The van der Waals surface area contributed by atoms with Crippen LogP contribution in [0.4, 0.5) is 14.5 Å². The van der Waals surface area contributed by atoms with Gasteiger partial charge < -0.3 is 5.32 Å². The molecule has 0 atom stereocenters. The van der Waals surface area contributed by atoms with Crippen LogP contribution in [0.2, 0.25) is 10.0 Å². The maximum Gasteiger partial charge on any atom is 0.282 e. The van der Waals surface area contributed by atoms with Gasteiger partial charge in [0.05, 0.1) is 16.3 Å². The summed E-state index contributed by atoms with van der Waals surface area (Å²) >= 11 is 13.2. The molecular formula is C19H15Cl2F2N5O2S. The van der Waals surface area contributed by atoms with Gasteiger partial charge in [0.1, 0.15) is 11.4 Å². The van der Waals surface area contributed by atoms with Gasteiger partial charge >= 0.3 is 0 Å². The van der Waals surface area contributed by atoms with Crippen molar-refractivity contribution in [3.05, 3.63) is 69.1 Å². The summed E-state index contributed by atoms with van der Waals surface area (Å²) < 4.78 is 30.1. The number of amides is 2. The lowest BCUT2D eigenvalue weighted by atomic mass is 10.1. The highest BCUT2D eigenvalue weighted by molar-refractivity contribution is 7.97. The van der Waals surface area contributed by atoms with E-state index in [1.165, 1.54) is 18.3 Å². The minimum atomic E-state index is -2.92. The SMILES string of the molecule is CSNC(=O)c1cc(Cl)cc(C)c1NC(=O)c1cc(C(F)F)nn1-c1ncccc1Cl. The normalized spacial score (nSPS) is 10.9. The lowest BCUT2D eigenvalue weighted by Crippen LogP contribution is -2.22. The number of benzene rings is 1. The van der Waals surface area contributed by atoms with Crippen LogP contribution in [0.5, 0.6) is 0 Å². The number of hydrogen-bond donors (Lipinski definition) is 2. The predicted octanol–water partition coefficient (Wildman–Crippen LogP) is 5.08. The lowest BCUT2D eigenvalue weighted by Gasteiger charge is -2.15. The summed E-state index contributed by atoms with van der Waals surface area (Å²) in [5.41, 5.74) is -0.0622. The Morgan fingerprint density at radius 3 is 2.58 bits per heavy atom. The molecule has 0 unspecified atom stereocenters. The molecule has 12 heteroatoms. The minimum absolute atomic E-state index is 0.00870. The molecular weight excluding hydrogens is 471 g/mol. The van der Waals surface area contributed by atoms with E-state index >= 15 is 0 Å². The van der Waals surface area contributed by atoms with E-state index < -0.39 is 23.9 Å². The van der Waals surface area contributed by atoms with Gasteiger partial charge in [-0.25, -0.2) is 18.4 Å². The first-order valence-electron chi connectivity index (χ1n) is 8.66. The highest BCUT2D eigenvalue weighted by atomic mass is 35.5. The minimum Gasteiger partial charge on any atom is -0.320 e. The number of anilines is 1. The topological polar surface area (TPSA) is 88.9 Å². The zero-order chi connectivity index (χ0) is 22.7. The first-order valence-corrected chi connectivity index (χ1v) is 10.6. The van der Waals surface area contributed by atoms with E-state index in [1.54, 1.807) is 25.3 Å². The molecule has 2 amide bonds. The van der Waals surface area contributed by atoms with Crippen LogP contribution in [-0.2, 0) is 0 Å². The van der Waals surface area contributed by atoms with Crippen molar-refractivity contribution in [1.82, 2.24) is 19.5 Å². The molecule has 2 heterocycles. The van der Waals surface area contributed by atoms with Crippen LogP contribution < -0.4 is 10.0 Å². The van der Waals surface area contributed by atoms with E-state index in [0.29, 0.717) is 10.6 Å². The Kier molecular flexibility index (Phi) is 7.14. The zero-order valence-corrected chi connectivity index (χ0v) is 18.4. The molecule has 0 bridgehead atoms. The fourth-order valence-electron chi connectivity index (χ4n) is 2.78. The summed E-state index contributed by atoms with van der Waals surface area (Å²) in [6.45, 7) is 1.65. The summed E-state index contributed by atoms with van der Waals surface area (Å²) in [4.78, 5) is 29.5. The Morgan fingerprint density at radius 1 is 1.19 bits per heavy atom. The molecule has 2 aromatic heterocycles. The van der Waals surface area contributed by atoms with Crippen LogP contribution >= 0.6 is 35.1 Å². The van der Waals surface area contributed by atoms with Crippen molar-refractivity contribution in [2.75, 3.05) is 11.6 Å². The Morgan fingerprint density at radius 2 is 1.94 bits per heavy atom. The number of nitrogens with one attached hydrogen (secondary N) is 2. The van der Waals surface area contributed by atoms with E-state index in [0.717, 1.165) is 22.7 Å². The fraction of sp³-hybridized carbons (Fsp3) is 0.158. The second kappa shape index (κ2) is 9.63. The number of pyridine rings is 1. The third-order valence-corrected chi connectivity index (χ3v) is 5.01. The first-order chi connectivity index (χ1) is 14.7. The van der Waals surface area contributed by atoms with Crippen LogP contribution in [0.25, 0.3) is 5.82 Å². The van der Waals surface area contributed by atoms with Crippen molar-refractivity contribution < 1.29 is 18.4 Å². The summed E-state index contributed by atoms with van der Waals surface area (Å²) in [5, 5.41) is 6.79. The van der Waals surface area contributed by atoms with Gasteiger partial charge in [0.25, 0.3) is 18.2 Å². The standard InChI is InChI=1S/C19H15Cl2F2N5O2S/c1-9-6-10(20)7-11(18(29)27-31-2)15(9)25-19(30)14-8-13(16(22)23)26-28(14)17-12(21)4-3-5-24-17/h3-8,16H,1-2H3,(H,25,30)(H,27,29). The average molecular weight is 486 g/mol. The quantitative estimate of drug-likeness (QED) is 0.475. The Bertz CT molecular complexity index is 1160. The van der Waals surface area contributed by atoms with E-state index in [2.05, 4.69) is 20.1 Å². The zero-order valence-electron chi connectivity index (χ0n) is 16.1. The Balaban J connectivity index is 2.08. The van der Waals surface area contributed by atoms with Crippen LogP contribution in [-0.4, -0.2) is 32.8 Å². The van der Waals surface area contributed by atoms with Crippen molar-refractivity contribution in [3.63, 3.8) is 0 Å². The lowest BCUT2D eigenvalue weighted by molar-refractivity contribution is 0.0985. The molecule has 0 saturated heterocycles. The molecule has 0 aliphatic rings. The van der Waals surface area contributed by atoms with E-state index in [4.69, 9.17) is 23.2 Å². The van der Waals surface area contributed by atoms with E-state index in [9.17, 15) is 18.4 Å². The molecule has 0 aliphatic heterocycles. The fourth-order valence-corrected chi connectivity index (χ4v) is 3.55. The van der Waals surface area contributed by atoms with Gasteiger partial charge in [-0.2, -0.15) is 5.10 Å². The molecule has 3 rings (SSSR count). The first kappa shape index (κ1) is 23.0. The third kappa shape index (κ3) is 4.97. The van der Waals surface area contributed by atoms with Gasteiger partial charge in [0.15, 0.2) is 5.82 Å². The van der Waals surface area contributed by atoms with Crippen LogP contribution in [0.1, 0.15) is 38.5 Å². The summed E-state index contributed by atoms with van der Waals surface area (Å²) in [7, 11) is 0. The Labute approximate surface area is 190 Å². The van der Waals surface area contributed by atoms with Crippen molar-refractivity contribution in [2.45, 2.75) is 13.3 Å². The van der Waals surface area contributed by atoms with Crippen LogP contribution in [0.15, 0.2) is 36.5 Å². The predicted molar refractivity (Wildman–Crippen MR) is 116 cm³/mol. The number of aromatic nitrogens is 3. The van der Waals surface area contributed by atoms with Gasteiger partial charge in [-0.3, -0.25) is 14.3 Å². The monoisotopic (exact) mass is 485 g/mol. The van der Waals surface area contributed by atoms with Crippen molar-refractivity contribution in [3.8, 4) is 5.82 Å². The number of hydrogen-bond acceptors (Lipinski definition) is 5. The molecule has 31 heavy (non-hydrogen) atoms. The molecule has 3 aromatic rings. The van der Waals surface area contributed by atoms with Crippen LogP contribution in [0.3, 0.4) is 0 Å². The van der Waals surface area contributed by atoms with Gasteiger partial charge in [0.2, 0.25) is 0 Å². The van der Waals surface area contributed by atoms with Gasteiger partial charge in [-0.05, 0) is 42.8 Å². The second-order valence-electron chi connectivity index (χ2n) is 6.21. The second-order valence-corrected chi connectivity index (χ2v) is 7.67. The smallest absolute Gasteiger partial charge is 0.282 e. The van der Waals surface area contributed by atoms with E-state index in [1.807, 2.05) is 0 Å². The number of alkyl halides is 2. The molecule has 0 spiro atoms. The van der Waals surface area contributed by atoms with Gasteiger partial charge in [0, 0.05) is 17.5 Å². The molecule has 0 fully saturated rings. The summed E-state index contributed by atoms with van der Waals surface area (Å²) in [6.07, 6.45) is 0.130. The highest BCUT2D eigenvalue weighted by Gasteiger charge is 2.25. The summed E-state index contributed by atoms with van der Waals surface area (Å²) in [5.74, 6) is -1.26. The highest BCUT2D eigenvalue weighted by Crippen LogP contribution is 2.28. The maximum atomic E-state index is 13.3. The van der Waals surface area contributed by atoms with Gasteiger partial charge in [-0.1, -0.05) is 35.1 Å². The Hall–Kier alpha value is -2.69. The molecule has 1 aromatic carbocycles. The van der Waals surface area contributed by atoms with Gasteiger partial charge in [-0.15, -0.1) is 0 Å². The molecule has 0 aliphatic carbocycles. The third-order valence-electron chi connectivity index (χ3n) is 4.10. The van der Waals surface area contributed by atoms with Crippen molar-refractivity contribution in [2.24, 2.45) is 0 Å². The van der Waals surface area contributed by atoms with E-state index in [-0.39, 0.29) is 27.8 Å². The largest absolute Gasteiger partial charge is 0.320 e. The summed E-state index contributed by atoms with van der Waals surface area (Å²) in [6, 6.07) is 6.94. The number of carbonyl (C=O) groups is 2. The van der Waals surface area contributed by atoms with Crippen molar-refractivity contribution in [1.29, 1.82) is 0 Å². The number of aryl methyl sites for hydroxylation is 1. The number of halogens is 4. The number of carbonyl (C=O) groups excluding carboxylic acids is 2. The van der Waals surface area contributed by atoms with Crippen LogP contribution in [0, 0.1) is 6.92 Å². The molecule has 7 nitrogen and oxygen atoms in total. The number of nitrogens with zero attached hydrogens (tertiary/aromatic N) is 3. The molecule has 0 saturated carbocycles. The average Bonchev–Trinajstić information content (AvgIpc) is 3.16. The molecule has 162 valence electrons. The molecule has 2 N–H and O–H groups in total. The maximum absolute atomic E-state index is 13.3. The van der Waals surface area contributed by atoms with Crippen molar-refractivity contribution >= 4 is 52.7 Å². The molecule has 0 radical (unpaired) electrons.